The predicted octanol–water partition coefficient (Wildman–Crippen LogP) is 2.70. The predicted molar refractivity (Wildman–Crippen MR) is 67.8 cm³/mol. The van der Waals surface area contributed by atoms with Crippen LogP contribution in [-0.4, -0.2) is 38.5 Å². The smallest absolute Gasteiger partial charge is 0.171 e. The fourth-order valence-electron chi connectivity index (χ4n) is 2.68. The number of nitrogens with zero attached hydrogens (tertiary/aromatic N) is 2. The molecule has 1 atom stereocenters. The Kier molecular flexibility index (Phi) is 4.79. The molecule has 0 aromatic rings. The highest BCUT2D eigenvalue weighted by Gasteiger charge is 2.38. The van der Waals surface area contributed by atoms with Crippen LogP contribution in [0.15, 0.2) is 4.99 Å². The molecule has 15 heavy (non-hydrogen) atoms. The first-order valence-corrected chi connectivity index (χ1v) is 8.70. The number of hydrogen-bond donors (Lipinski definition) is 0. The maximum atomic E-state index is 5.26. The molecule has 0 aromatic heterocycles. The van der Waals surface area contributed by atoms with E-state index in [1.54, 1.807) is 6.40 Å². The van der Waals surface area contributed by atoms with Crippen molar-refractivity contribution in [1.82, 2.24) is 4.57 Å². The van der Waals surface area contributed by atoms with Gasteiger partial charge >= 0.3 is 0 Å². The molecular weight excluding hydrogens is 204 g/mol. The van der Waals surface area contributed by atoms with Gasteiger partial charge in [0.25, 0.3) is 0 Å². The van der Waals surface area contributed by atoms with E-state index in [0.29, 0.717) is 6.17 Å². The van der Waals surface area contributed by atoms with E-state index in [0.717, 1.165) is 13.2 Å². The van der Waals surface area contributed by atoms with E-state index in [9.17, 15) is 0 Å². The number of aliphatic imine (C=N–C) groups is 1. The molecule has 0 bridgehead atoms. The highest BCUT2D eigenvalue weighted by atomic mass is 28.3. The number of ether oxygens (including phenoxy) is 1. The quantitative estimate of drug-likeness (QED) is 0.653. The van der Waals surface area contributed by atoms with Gasteiger partial charge in [0.2, 0.25) is 0 Å². The molecule has 88 valence electrons. The van der Waals surface area contributed by atoms with Crippen LogP contribution in [0.2, 0.25) is 18.1 Å². The van der Waals surface area contributed by atoms with Crippen molar-refractivity contribution in [3.8, 4) is 0 Å². The van der Waals surface area contributed by atoms with E-state index in [1.165, 1.54) is 18.1 Å². The average molecular weight is 228 g/mol. The molecule has 0 spiro atoms. The molecule has 1 aliphatic rings. The summed E-state index contributed by atoms with van der Waals surface area (Å²) in [5.74, 6) is 0. The van der Waals surface area contributed by atoms with Crippen molar-refractivity contribution in [2.75, 3.05) is 13.2 Å². The third-order valence-electron chi connectivity index (χ3n) is 3.84. The van der Waals surface area contributed by atoms with E-state index < -0.39 is 8.24 Å². The maximum absolute atomic E-state index is 5.26. The summed E-state index contributed by atoms with van der Waals surface area (Å²) in [7, 11) is -1.27. The zero-order valence-corrected chi connectivity index (χ0v) is 11.5. The molecule has 1 unspecified atom stereocenters. The highest BCUT2D eigenvalue weighted by Crippen LogP contribution is 2.27. The summed E-state index contributed by atoms with van der Waals surface area (Å²) in [6, 6.07) is 3.96. The summed E-state index contributed by atoms with van der Waals surface area (Å²) in [5.41, 5.74) is 0. The van der Waals surface area contributed by atoms with Gasteiger partial charge in [-0.2, -0.15) is 0 Å². The Hall–Kier alpha value is -0.353. The van der Waals surface area contributed by atoms with E-state index in [1.807, 2.05) is 0 Å². The highest BCUT2D eigenvalue weighted by molar-refractivity contribution is 6.77. The topological polar surface area (TPSA) is 24.8 Å². The Balaban J connectivity index is 2.81. The summed E-state index contributed by atoms with van der Waals surface area (Å²) >= 11 is 0. The molecule has 0 amide bonds. The van der Waals surface area contributed by atoms with Gasteiger partial charge in [-0.3, -0.25) is 0 Å². The number of rotatable bonds is 6. The molecule has 0 aliphatic carbocycles. The molecule has 0 fully saturated rings. The zero-order chi connectivity index (χ0) is 11.3. The second-order valence-electron chi connectivity index (χ2n) is 4.14. The first kappa shape index (κ1) is 12.7. The molecule has 0 radical (unpaired) electrons. The Morgan fingerprint density at radius 3 is 2.20 bits per heavy atom. The summed E-state index contributed by atoms with van der Waals surface area (Å²) in [5, 5.41) is 0. The molecule has 0 saturated heterocycles. The number of hydrogen-bond acceptors (Lipinski definition) is 3. The summed E-state index contributed by atoms with van der Waals surface area (Å²) < 4.78 is 7.89. The Morgan fingerprint density at radius 2 is 1.87 bits per heavy atom. The molecule has 0 saturated carbocycles. The molecule has 3 nitrogen and oxygen atoms in total. The van der Waals surface area contributed by atoms with Crippen LogP contribution in [0.5, 0.6) is 0 Å². The van der Waals surface area contributed by atoms with E-state index >= 15 is 0 Å². The normalized spacial score (nSPS) is 21.0. The lowest BCUT2D eigenvalue weighted by atomic mass is 10.5. The number of likely N-dealkylation sites (N-methyl/N-ethyl adjacent to an activating group) is 1. The van der Waals surface area contributed by atoms with Gasteiger partial charge in [-0.05, 0) is 24.7 Å². The largest absolute Gasteiger partial charge is 0.480 e. The average Bonchev–Trinajstić information content (AvgIpc) is 2.79. The van der Waals surface area contributed by atoms with Gasteiger partial charge in [-0.25, -0.2) is 4.99 Å². The van der Waals surface area contributed by atoms with Gasteiger partial charge < -0.3 is 9.30 Å². The summed E-state index contributed by atoms with van der Waals surface area (Å²) in [6.07, 6.45) is 1.91. The fourth-order valence-corrected chi connectivity index (χ4v) is 6.84. The van der Waals surface area contributed by atoms with Gasteiger partial charge in [0, 0.05) is 0 Å². The lowest BCUT2D eigenvalue weighted by Gasteiger charge is -2.42. The van der Waals surface area contributed by atoms with Crippen molar-refractivity contribution in [2.45, 2.75) is 52.0 Å². The molecule has 0 N–H and O–H groups in total. The van der Waals surface area contributed by atoms with Crippen LogP contribution in [0.1, 0.15) is 27.7 Å². The molecular formula is C11H24N2OSi. The van der Waals surface area contributed by atoms with Gasteiger partial charge in [-0.15, -0.1) is 0 Å². The van der Waals surface area contributed by atoms with Gasteiger partial charge in [-0.1, -0.05) is 27.7 Å². The van der Waals surface area contributed by atoms with Gasteiger partial charge in [0.05, 0.1) is 0 Å². The van der Waals surface area contributed by atoms with Crippen molar-refractivity contribution in [3.05, 3.63) is 0 Å². The Labute approximate surface area is 94.6 Å². The van der Waals surface area contributed by atoms with Crippen molar-refractivity contribution in [2.24, 2.45) is 4.99 Å². The van der Waals surface area contributed by atoms with Crippen LogP contribution in [0.4, 0.5) is 0 Å². The van der Waals surface area contributed by atoms with E-state index in [4.69, 9.17) is 4.74 Å². The van der Waals surface area contributed by atoms with Crippen molar-refractivity contribution < 1.29 is 4.74 Å². The van der Waals surface area contributed by atoms with Crippen LogP contribution in [0, 0.1) is 0 Å². The van der Waals surface area contributed by atoms with Crippen LogP contribution >= 0.6 is 0 Å². The molecule has 1 heterocycles. The van der Waals surface area contributed by atoms with E-state index in [2.05, 4.69) is 37.3 Å². The zero-order valence-electron chi connectivity index (χ0n) is 10.5. The lowest BCUT2D eigenvalue weighted by molar-refractivity contribution is 0.239. The third kappa shape index (κ3) is 2.42. The van der Waals surface area contributed by atoms with Crippen LogP contribution in [0.25, 0.3) is 0 Å². The minimum absolute atomic E-state index is 0.293. The molecule has 1 rings (SSSR count). The van der Waals surface area contributed by atoms with Gasteiger partial charge in [0.1, 0.15) is 21.0 Å². The molecule has 1 aliphatic heterocycles. The monoisotopic (exact) mass is 228 g/mol. The third-order valence-corrected chi connectivity index (χ3v) is 9.62. The van der Waals surface area contributed by atoms with Crippen LogP contribution in [0.3, 0.4) is 0 Å². The second kappa shape index (κ2) is 5.65. The first-order valence-electron chi connectivity index (χ1n) is 6.14. The molecule has 0 aromatic carbocycles. The molecule has 4 heteroatoms. The summed E-state index contributed by atoms with van der Waals surface area (Å²) in [4.78, 5) is 4.43. The minimum Gasteiger partial charge on any atom is -0.480 e. The van der Waals surface area contributed by atoms with E-state index in [-0.39, 0.29) is 0 Å². The van der Waals surface area contributed by atoms with Crippen molar-refractivity contribution in [1.29, 1.82) is 0 Å². The van der Waals surface area contributed by atoms with Crippen molar-refractivity contribution >= 4 is 14.6 Å². The van der Waals surface area contributed by atoms with Crippen LogP contribution in [-0.2, 0) is 4.74 Å². The Bertz CT molecular complexity index is 208. The van der Waals surface area contributed by atoms with Crippen LogP contribution < -0.4 is 0 Å². The lowest BCUT2D eigenvalue weighted by Crippen LogP contribution is -2.56. The summed E-state index contributed by atoms with van der Waals surface area (Å²) in [6.45, 7) is 11.1. The maximum Gasteiger partial charge on any atom is 0.171 e. The Morgan fingerprint density at radius 1 is 1.27 bits per heavy atom. The first-order chi connectivity index (χ1) is 7.24. The fraction of sp³-hybridized carbons (Fsp3) is 0.909. The standard InChI is InChI=1S/C11H24N2OSi/c1-5-13(11-9-14-10-12-11)15(6-2,7-3)8-4/h10-11H,5-9H2,1-4H3. The SMILES string of the molecule is CCN(C1COC=N1)[Si](CC)(CC)CC. The minimum atomic E-state index is -1.27. The van der Waals surface area contributed by atoms with Crippen molar-refractivity contribution in [3.63, 3.8) is 0 Å². The second-order valence-corrected chi connectivity index (χ2v) is 9.28. The van der Waals surface area contributed by atoms with Gasteiger partial charge in [0.15, 0.2) is 6.40 Å².